The molecule has 1 unspecified atom stereocenters. The van der Waals surface area contributed by atoms with E-state index in [9.17, 15) is 0 Å². The quantitative estimate of drug-likeness (QED) is 0.0584. The van der Waals surface area contributed by atoms with Crippen LogP contribution < -0.4 is 0 Å². The maximum absolute atomic E-state index is 6.74. The van der Waals surface area contributed by atoms with E-state index < -0.39 is 0 Å². The van der Waals surface area contributed by atoms with Gasteiger partial charge in [-0.25, -0.2) is 0 Å². The molecule has 260 valence electrons. The predicted molar refractivity (Wildman–Crippen MR) is 199 cm³/mol. The van der Waals surface area contributed by atoms with E-state index in [4.69, 9.17) is 9.47 Å². The van der Waals surface area contributed by atoms with Crippen molar-refractivity contribution < 1.29 is 9.47 Å². The zero-order chi connectivity index (χ0) is 32.1. The number of hydrogen-bond acceptors (Lipinski definition) is 2. The molecule has 1 aliphatic heterocycles. The van der Waals surface area contributed by atoms with Crippen LogP contribution in [0.5, 0.6) is 0 Å². The smallest absolute Gasteiger partial charge is 0.169 e. The molecule has 0 bridgehead atoms. The Bertz CT molecular complexity index is 713. The van der Waals surface area contributed by atoms with Crippen LogP contribution in [0, 0.1) is 5.92 Å². The largest absolute Gasteiger partial charge is 0.344 e. The van der Waals surface area contributed by atoms with Crippen molar-refractivity contribution in [2.75, 3.05) is 0 Å². The Kier molecular flexibility index (Phi) is 24.9. The molecule has 2 rings (SSSR count). The molecule has 2 aliphatic rings. The van der Waals surface area contributed by atoms with Crippen molar-refractivity contribution in [3.05, 3.63) is 48.6 Å². The highest BCUT2D eigenvalue weighted by Crippen LogP contribution is 2.45. The van der Waals surface area contributed by atoms with Crippen molar-refractivity contribution in [2.45, 2.75) is 219 Å². The van der Waals surface area contributed by atoms with Gasteiger partial charge in [0, 0.05) is 12.8 Å². The molecule has 2 fully saturated rings. The van der Waals surface area contributed by atoms with Gasteiger partial charge in [-0.3, -0.25) is 0 Å². The first-order valence-corrected chi connectivity index (χ1v) is 20.1. The summed E-state index contributed by atoms with van der Waals surface area (Å²) in [6.07, 6.45) is 55.4. The third-order valence-electron chi connectivity index (χ3n) is 9.93. The molecule has 2 heteroatoms. The van der Waals surface area contributed by atoms with Gasteiger partial charge >= 0.3 is 0 Å². The molecule has 0 N–H and O–H groups in total. The molecule has 0 aromatic rings. The monoisotopic (exact) mass is 625 g/mol. The normalized spacial score (nSPS) is 21.4. The first kappa shape index (κ1) is 40.1. The zero-order valence-corrected chi connectivity index (χ0v) is 30.5. The number of allylic oxidation sites excluding steroid dienone is 8. The number of hydrogen-bond donors (Lipinski definition) is 0. The summed E-state index contributed by atoms with van der Waals surface area (Å²) in [4.78, 5) is 0. The summed E-state index contributed by atoms with van der Waals surface area (Å²) in [5, 5.41) is 0. The lowest BCUT2D eigenvalue weighted by molar-refractivity contribution is -0.192. The molecule has 3 atom stereocenters. The van der Waals surface area contributed by atoms with Crippen molar-refractivity contribution in [3.8, 4) is 0 Å². The Morgan fingerprint density at radius 2 is 0.778 bits per heavy atom. The number of rotatable bonds is 30. The highest BCUT2D eigenvalue weighted by atomic mass is 16.8. The van der Waals surface area contributed by atoms with E-state index in [-0.39, 0.29) is 5.79 Å². The second kappa shape index (κ2) is 27.9. The van der Waals surface area contributed by atoms with Crippen molar-refractivity contribution in [3.63, 3.8) is 0 Å². The SMILES string of the molecule is CCCCC/C=C\C/C=C\CCCCCCCCC1(CCCCCCCC/C=C\C/C=C\CCCCC)O[C@H]2CC(C)C[C@H]2O1. The van der Waals surface area contributed by atoms with Crippen LogP contribution in [0.4, 0.5) is 0 Å². The van der Waals surface area contributed by atoms with Crippen LogP contribution >= 0.6 is 0 Å². The van der Waals surface area contributed by atoms with Gasteiger partial charge in [0.2, 0.25) is 0 Å². The molecule has 1 saturated heterocycles. The van der Waals surface area contributed by atoms with Gasteiger partial charge in [0.15, 0.2) is 5.79 Å². The first-order chi connectivity index (χ1) is 22.2. The lowest BCUT2D eigenvalue weighted by Crippen LogP contribution is -2.32. The molecule has 0 radical (unpaired) electrons. The summed E-state index contributed by atoms with van der Waals surface area (Å²) < 4.78 is 13.5. The fourth-order valence-electron chi connectivity index (χ4n) is 7.15. The summed E-state index contributed by atoms with van der Waals surface area (Å²) in [5.41, 5.74) is 0. The van der Waals surface area contributed by atoms with Crippen LogP contribution in [-0.4, -0.2) is 18.0 Å². The molecule has 1 saturated carbocycles. The zero-order valence-electron chi connectivity index (χ0n) is 30.5. The minimum Gasteiger partial charge on any atom is -0.344 e. The van der Waals surface area contributed by atoms with Gasteiger partial charge in [-0.15, -0.1) is 0 Å². The number of ether oxygens (including phenoxy) is 2. The van der Waals surface area contributed by atoms with Crippen LogP contribution in [0.3, 0.4) is 0 Å². The average molecular weight is 625 g/mol. The summed E-state index contributed by atoms with van der Waals surface area (Å²) in [6, 6.07) is 0. The molecule has 0 amide bonds. The second-order valence-corrected chi connectivity index (χ2v) is 14.5. The molecular formula is C43H76O2. The van der Waals surface area contributed by atoms with Gasteiger partial charge in [0.25, 0.3) is 0 Å². The Hall–Kier alpha value is -1.12. The van der Waals surface area contributed by atoms with Gasteiger partial charge in [-0.2, -0.15) is 0 Å². The number of unbranched alkanes of at least 4 members (excludes halogenated alkanes) is 18. The second-order valence-electron chi connectivity index (χ2n) is 14.5. The number of fused-ring (bicyclic) bond motifs is 1. The maximum atomic E-state index is 6.74. The lowest BCUT2D eigenvalue weighted by Gasteiger charge is -2.30. The molecule has 1 aliphatic carbocycles. The first-order valence-electron chi connectivity index (χ1n) is 20.1. The lowest BCUT2D eigenvalue weighted by atomic mass is 9.98. The molecular weight excluding hydrogens is 548 g/mol. The fraction of sp³-hybridized carbons (Fsp3) is 0.814. The standard InChI is InChI=1S/C43H76O2/c1-4-6-8-10-12-14-16-18-20-22-24-26-28-30-32-34-36-43(44-41-38-40(3)39-42(41)45-43)37-35-33-31-29-27-25-23-21-19-17-15-13-11-9-7-5-2/h12-15,18-21,40-42H,4-11,16-17,22-39H2,1-3H3/b14-12-,15-13-,20-18-,21-19-/t40?,41-,42+. The Morgan fingerprint density at radius 1 is 0.444 bits per heavy atom. The third kappa shape index (κ3) is 20.7. The third-order valence-corrected chi connectivity index (χ3v) is 9.93. The summed E-state index contributed by atoms with van der Waals surface area (Å²) in [6.45, 7) is 6.90. The van der Waals surface area contributed by atoms with Crippen LogP contribution in [0.25, 0.3) is 0 Å². The molecule has 0 aromatic heterocycles. The van der Waals surface area contributed by atoms with Gasteiger partial charge in [0.1, 0.15) is 0 Å². The van der Waals surface area contributed by atoms with Gasteiger partial charge in [0.05, 0.1) is 12.2 Å². The summed E-state index contributed by atoms with van der Waals surface area (Å²) in [7, 11) is 0. The summed E-state index contributed by atoms with van der Waals surface area (Å²) >= 11 is 0. The van der Waals surface area contributed by atoms with Gasteiger partial charge in [-0.05, 0) is 95.8 Å². The van der Waals surface area contributed by atoms with Gasteiger partial charge < -0.3 is 9.47 Å². The minimum absolute atomic E-state index is 0.278. The van der Waals surface area contributed by atoms with E-state index in [0.29, 0.717) is 12.2 Å². The molecule has 0 aromatic carbocycles. The maximum Gasteiger partial charge on any atom is 0.169 e. The Balaban J connectivity index is 1.50. The van der Waals surface area contributed by atoms with Crippen LogP contribution in [-0.2, 0) is 9.47 Å². The van der Waals surface area contributed by atoms with Gasteiger partial charge in [-0.1, -0.05) is 146 Å². The highest BCUT2D eigenvalue weighted by Gasteiger charge is 2.50. The topological polar surface area (TPSA) is 18.5 Å². The Labute approximate surface area is 282 Å². The van der Waals surface area contributed by atoms with Crippen molar-refractivity contribution in [2.24, 2.45) is 5.92 Å². The van der Waals surface area contributed by atoms with Crippen molar-refractivity contribution in [1.82, 2.24) is 0 Å². The predicted octanol–water partition coefficient (Wildman–Crippen LogP) is 14.3. The molecule has 2 nitrogen and oxygen atoms in total. The van der Waals surface area contributed by atoms with Crippen molar-refractivity contribution >= 4 is 0 Å². The van der Waals surface area contributed by atoms with Crippen LogP contribution in [0.1, 0.15) is 201 Å². The van der Waals surface area contributed by atoms with E-state index in [1.165, 1.54) is 154 Å². The summed E-state index contributed by atoms with van der Waals surface area (Å²) in [5.74, 6) is 0.474. The molecule has 0 spiro atoms. The van der Waals surface area contributed by atoms with E-state index in [1.807, 2.05) is 0 Å². The van der Waals surface area contributed by atoms with Crippen LogP contribution in [0.2, 0.25) is 0 Å². The van der Waals surface area contributed by atoms with E-state index in [1.54, 1.807) is 0 Å². The highest BCUT2D eigenvalue weighted by molar-refractivity contribution is 4.94. The van der Waals surface area contributed by atoms with Crippen molar-refractivity contribution in [1.29, 1.82) is 0 Å². The Morgan fingerprint density at radius 3 is 1.16 bits per heavy atom. The fourth-order valence-corrected chi connectivity index (χ4v) is 7.15. The average Bonchev–Trinajstić information content (AvgIpc) is 3.54. The van der Waals surface area contributed by atoms with E-state index in [2.05, 4.69) is 69.4 Å². The van der Waals surface area contributed by atoms with E-state index in [0.717, 1.165) is 31.6 Å². The molecule has 1 heterocycles. The molecule has 45 heavy (non-hydrogen) atoms. The van der Waals surface area contributed by atoms with E-state index >= 15 is 0 Å². The minimum atomic E-state index is -0.278. The van der Waals surface area contributed by atoms with Crippen LogP contribution in [0.15, 0.2) is 48.6 Å².